The molecule has 1 aliphatic heterocycles. The molecule has 4 aromatic carbocycles. The Morgan fingerprint density at radius 3 is 2.00 bits per heavy atom. The lowest BCUT2D eigenvalue weighted by atomic mass is 9.73. The monoisotopic (exact) mass is 642 g/mol. The van der Waals surface area contributed by atoms with Crippen LogP contribution in [0.3, 0.4) is 0 Å². The highest BCUT2D eigenvalue weighted by Gasteiger charge is 2.48. The van der Waals surface area contributed by atoms with Gasteiger partial charge in [0, 0.05) is 17.9 Å². The number of fused-ring (bicyclic) bond motifs is 2. The van der Waals surface area contributed by atoms with Gasteiger partial charge in [0.1, 0.15) is 13.2 Å². The Labute approximate surface area is 272 Å². The van der Waals surface area contributed by atoms with E-state index in [-0.39, 0.29) is 19.4 Å². The molecule has 4 atom stereocenters. The van der Waals surface area contributed by atoms with Crippen LogP contribution in [0.4, 0.5) is 0 Å². The summed E-state index contributed by atoms with van der Waals surface area (Å²) in [5.74, 6) is 1.99. The van der Waals surface area contributed by atoms with Crippen molar-refractivity contribution in [1.29, 1.82) is 0 Å². The third-order valence-corrected chi connectivity index (χ3v) is 10.4. The second kappa shape index (κ2) is 15.0. The Bertz CT molecular complexity index is 1600. The van der Waals surface area contributed by atoms with Crippen LogP contribution in [0, 0.1) is 5.92 Å². The molecule has 0 bridgehead atoms. The summed E-state index contributed by atoms with van der Waals surface area (Å²) in [6.07, 6.45) is 4.81. The maximum absolute atomic E-state index is 13.0. The average Bonchev–Trinajstić information content (AvgIpc) is 3.09. The zero-order valence-electron chi connectivity index (χ0n) is 26.6. The molecule has 0 radical (unpaired) electrons. The Morgan fingerprint density at radius 2 is 1.37 bits per heavy atom. The van der Waals surface area contributed by atoms with Crippen LogP contribution < -0.4 is 9.47 Å². The van der Waals surface area contributed by atoms with Gasteiger partial charge in [-0.2, -0.15) is 0 Å². The van der Waals surface area contributed by atoms with Gasteiger partial charge in [-0.1, -0.05) is 104 Å². The first-order valence-electron chi connectivity index (χ1n) is 16.4. The van der Waals surface area contributed by atoms with Crippen molar-refractivity contribution in [3.8, 4) is 11.5 Å². The second-order valence-corrected chi connectivity index (χ2v) is 14.1. The van der Waals surface area contributed by atoms with Crippen LogP contribution in [0.1, 0.15) is 54.0 Å². The molecule has 7 nitrogen and oxygen atoms in total. The van der Waals surface area contributed by atoms with Gasteiger partial charge in [-0.05, 0) is 54.0 Å². The minimum atomic E-state index is -4.24. The van der Waals surface area contributed by atoms with Crippen molar-refractivity contribution >= 4 is 7.82 Å². The van der Waals surface area contributed by atoms with Gasteiger partial charge >= 0.3 is 7.82 Å². The van der Waals surface area contributed by atoms with Crippen molar-refractivity contribution in [1.82, 2.24) is 0 Å². The van der Waals surface area contributed by atoms with Crippen molar-refractivity contribution < 1.29 is 32.5 Å². The minimum Gasteiger partial charge on any atom is -0.485 e. The number of likely N-dealkylation sites (tertiary alicyclic amines) is 1. The summed E-state index contributed by atoms with van der Waals surface area (Å²) in [5.41, 5.74) is 5.53. The quantitative estimate of drug-likeness (QED) is 0.110. The highest BCUT2D eigenvalue weighted by atomic mass is 31.2. The smallest absolute Gasteiger partial charge is 0.476 e. The summed E-state index contributed by atoms with van der Waals surface area (Å²) in [6, 6.07) is 34.4. The summed E-state index contributed by atoms with van der Waals surface area (Å²) in [4.78, 5) is 10.7. The normalized spacial score (nSPS) is 21.9. The molecular formula is C38H45NO6P+. The van der Waals surface area contributed by atoms with E-state index in [9.17, 15) is 9.46 Å². The molecule has 6 rings (SSSR count). The Balaban J connectivity index is 1.23. The van der Waals surface area contributed by atoms with Gasteiger partial charge in [-0.3, -0.25) is 9.01 Å². The first kappa shape index (κ1) is 32.5. The molecule has 1 unspecified atom stereocenters. The van der Waals surface area contributed by atoms with E-state index < -0.39 is 7.82 Å². The van der Waals surface area contributed by atoms with E-state index in [1.165, 1.54) is 11.1 Å². The van der Waals surface area contributed by atoms with Gasteiger partial charge in [0.2, 0.25) is 0 Å². The number of quaternary nitrogens is 1. The molecule has 2 aliphatic rings. The second-order valence-electron chi connectivity index (χ2n) is 12.6. The highest BCUT2D eigenvalue weighted by molar-refractivity contribution is 7.47. The first-order valence-corrected chi connectivity index (χ1v) is 17.9. The van der Waals surface area contributed by atoms with Crippen LogP contribution in [0.5, 0.6) is 11.5 Å². The summed E-state index contributed by atoms with van der Waals surface area (Å²) >= 11 is 0. The van der Waals surface area contributed by atoms with E-state index in [0.717, 1.165) is 73.4 Å². The highest BCUT2D eigenvalue weighted by Crippen LogP contribution is 2.49. The predicted octanol–water partition coefficient (Wildman–Crippen LogP) is 8.24. The summed E-state index contributed by atoms with van der Waals surface area (Å²) in [5, 5.41) is 0. The van der Waals surface area contributed by atoms with E-state index in [1.54, 1.807) is 0 Å². The van der Waals surface area contributed by atoms with Gasteiger partial charge in [0.25, 0.3) is 0 Å². The molecule has 1 fully saturated rings. The molecule has 0 amide bonds. The zero-order chi connectivity index (χ0) is 31.8. The molecule has 0 spiro atoms. The average molecular weight is 643 g/mol. The molecule has 4 aromatic rings. The van der Waals surface area contributed by atoms with Gasteiger partial charge in [0.15, 0.2) is 18.2 Å². The third kappa shape index (κ3) is 7.91. The predicted molar refractivity (Wildman–Crippen MR) is 179 cm³/mol. The SMILES string of the molecule is CCC[N@+]1(COP(=O)(O)OCc2ccccc2)CCC[C@@H]2Cc3c(ccc(OCc4ccccc4)c3OCc3ccccc3)C[C@H]21. The number of piperidine rings is 1. The first-order chi connectivity index (χ1) is 22.4. The van der Waals surface area contributed by atoms with Gasteiger partial charge in [-0.15, -0.1) is 0 Å². The number of nitrogens with zero attached hydrogens (tertiary/aromatic N) is 1. The van der Waals surface area contributed by atoms with Crippen molar-refractivity contribution in [3.05, 3.63) is 131 Å². The van der Waals surface area contributed by atoms with E-state index >= 15 is 0 Å². The molecule has 1 saturated heterocycles. The van der Waals surface area contributed by atoms with Gasteiger partial charge in [-0.25, -0.2) is 9.09 Å². The number of phosphoric acid groups is 1. The molecule has 1 aliphatic carbocycles. The molecule has 0 aromatic heterocycles. The Kier molecular flexibility index (Phi) is 10.6. The molecule has 1 N–H and O–H groups in total. The topological polar surface area (TPSA) is 74.2 Å². The molecule has 46 heavy (non-hydrogen) atoms. The molecular weight excluding hydrogens is 597 g/mol. The number of benzene rings is 4. The lowest BCUT2D eigenvalue weighted by Crippen LogP contribution is -2.64. The van der Waals surface area contributed by atoms with Crippen LogP contribution in [0.15, 0.2) is 103 Å². The molecule has 1 heterocycles. The van der Waals surface area contributed by atoms with Gasteiger partial charge < -0.3 is 14.4 Å². The Morgan fingerprint density at radius 1 is 0.761 bits per heavy atom. The van der Waals surface area contributed by atoms with Crippen LogP contribution in [0.2, 0.25) is 0 Å². The number of phosphoric ester groups is 1. The fourth-order valence-electron chi connectivity index (χ4n) is 7.26. The standard InChI is InChI=1S/C38H44NO6P/c1-2-22-39(29-45-46(40,41)44-28-32-17-10-5-11-18-32)23-12-19-34-24-35-33(25-36(34)39)20-21-37(42-26-30-13-6-3-7-14-30)38(35)43-27-31-15-8-4-9-16-31/h3-11,13-18,20-21,34,36H,2,12,19,22-29H2,1H3/p+1/t34-,36-,39-/m1/s1. The molecule has 0 saturated carbocycles. The van der Waals surface area contributed by atoms with E-state index in [0.29, 0.717) is 23.6 Å². The van der Waals surface area contributed by atoms with Crippen LogP contribution >= 0.6 is 7.82 Å². The maximum atomic E-state index is 13.0. The number of rotatable bonds is 14. The maximum Gasteiger partial charge on any atom is 0.476 e. The minimum absolute atomic E-state index is 0.0300. The number of hydrogen-bond acceptors (Lipinski definition) is 5. The molecule has 8 heteroatoms. The van der Waals surface area contributed by atoms with Crippen LogP contribution in [0.25, 0.3) is 0 Å². The fourth-order valence-corrected chi connectivity index (χ4v) is 8.02. The summed E-state index contributed by atoms with van der Waals surface area (Å²) < 4.78 is 37.9. The number of hydrogen-bond donors (Lipinski definition) is 1. The molecule has 242 valence electrons. The zero-order valence-corrected chi connectivity index (χ0v) is 27.5. The third-order valence-electron chi connectivity index (χ3n) is 9.49. The lowest BCUT2D eigenvalue weighted by Gasteiger charge is -2.52. The fraction of sp³-hybridized carbons (Fsp3) is 0.368. The largest absolute Gasteiger partial charge is 0.485 e. The van der Waals surface area contributed by atoms with Crippen molar-refractivity contribution in [2.24, 2.45) is 5.92 Å². The summed E-state index contributed by atoms with van der Waals surface area (Å²) in [6.45, 7) is 5.09. The van der Waals surface area contributed by atoms with E-state index in [4.69, 9.17) is 18.5 Å². The van der Waals surface area contributed by atoms with Crippen molar-refractivity contribution in [3.63, 3.8) is 0 Å². The van der Waals surface area contributed by atoms with Crippen molar-refractivity contribution in [2.75, 3.05) is 19.8 Å². The van der Waals surface area contributed by atoms with Crippen LogP contribution in [-0.2, 0) is 46.3 Å². The van der Waals surface area contributed by atoms with Crippen LogP contribution in [-0.4, -0.2) is 35.2 Å². The summed E-state index contributed by atoms with van der Waals surface area (Å²) in [7, 11) is -4.24. The van der Waals surface area contributed by atoms with E-state index in [2.05, 4.69) is 43.3 Å². The van der Waals surface area contributed by atoms with Gasteiger partial charge in [0.05, 0.1) is 25.7 Å². The lowest BCUT2D eigenvalue weighted by molar-refractivity contribution is -0.973. The van der Waals surface area contributed by atoms with Crippen molar-refractivity contribution in [2.45, 2.75) is 64.9 Å². The Hall–Kier alpha value is -3.45. The number of ether oxygens (including phenoxy) is 2. The van der Waals surface area contributed by atoms with E-state index in [1.807, 2.05) is 66.7 Å².